The van der Waals surface area contributed by atoms with Crippen LogP contribution in [0.3, 0.4) is 0 Å². The van der Waals surface area contributed by atoms with Crippen LogP contribution in [-0.2, 0) is 14.8 Å². The number of nitrogens with one attached hydrogen (secondary N) is 1. The van der Waals surface area contributed by atoms with Crippen LogP contribution < -0.4 is 5.32 Å². The van der Waals surface area contributed by atoms with Gasteiger partial charge >= 0.3 is 0 Å². The Kier molecular flexibility index (Phi) is 4.95. The van der Waals surface area contributed by atoms with E-state index in [0.29, 0.717) is 25.5 Å². The van der Waals surface area contributed by atoms with Crippen molar-refractivity contribution in [1.29, 1.82) is 0 Å². The lowest BCUT2D eigenvalue weighted by Gasteiger charge is -2.25. The number of sulfonamides is 1. The Balaban J connectivity index is 1.62. The van der Waals surface area contributed by atoms with Gasteiger partial charge in [-0.25, -0.2) is 13.4 Å². The zero-order chi connectivity index (χ0) is 15.4. The number of aromatic nitrogens is 1. The van der Waals surface area contributed by atoms with Gasteiger partial charge in [-0.3, -0.25) is 0 Å². The molecule has 0 spiro atoms. The average molecular weight is 325 g/mol. The summed E-state index contributed by atoms with van der Waals surface area (Å²) in [6, 6.07) is 3.36. The molecule has 3 rings (SSSR count). The van der Waals surface area contributed by atoms with E-state index in [0.717, 1.165) is 38.7 Å². The highest BCUT2D eigenvalue weighted by molar-refractivity contribution is 7.89. The van der Waals surface area contributed by atoms with Crippen LogP contribution in [0.2, 0.25) is 0 Å². The molecule has 0 aromatic carbocycles. The highest BCUT2D eigenvalue weighted by Crippen LogP contribution is 2.21. The number of ether oxygens (including phenoxy) is 1. The smallest absolute Gasteiger partial charge is 0.244 e. The van der Waals surface area contributed by atoms with Gasteiger partial charge in [0.2, 0.25) is 10.0 Å². The Hall–Kier alpha value is -1.18. The first-order valence-electron chi connectivity index (χ1n) is 7.98. The summed E-state index contributed by atoms with van der Waals surface area (Å²) in [4.78, 5) is 4.50. The van der Waals surface area contributed by atoms with E-state index in [1.807, 2.05) is 0 Å². The highest BCUT2D eigenvalue weighted by Gasteiger charge is 2.26. The van der Waals surface area contributed by atoms with E-state index in [9.17, 15) is 8.42 Å². The van der Waals surface area contributed by atoms with Crippen molar-refractivity contribution in [3.8, 4) is 0 Å². The van der Waals surface area contributed by atoms with Crippen LogP contribution in [0.15, 0.2) is 23.2 Å². The molecule has 1 aromatic rings. The first-order valence-corrected chi connectivity index (χ1v) is 9.42. The molecule has 0 bridgehead atoms. The quantitative estimate of drug-likeness (QED) is 0.894. The SMILES string of the molecule is O=S(=O)(c1ccc(NCC2CCCO2)nc1)N1CCCCC1. The van der Waals surface area contributed by atoms with Crippen molar-refractivity contribution < 1.29 is 13.2 Å². The molecule has 2 fully saturated rings. The van der Waals surface area contributed by atoms with E-state index in [4.69, 9.17) is 4.74 Å². The summed E-state index contributed by atoms with van der Waals surface area (Å²) in [6.07, 6.45) is 6.83. The van der Waals surface area contributed by atoms with E-state index < -0.39 is 10.0 Å². The van der Waals surface area contributed by atoms with Crippen LogP contribution in [0, 0.1) is 0 Å². The van der Waals surface area contributed by atoms with Gasteiger partial charge in [-0.1, -0.05) is 6.42 Å². The topological polar surface area (TPSA) is 71.5 Å². The van der Waals surface area contributed by atoms with Gasteiger partial charge in [0.15, 0.2) is 0 Å². The molecule has 0 radical (unpaired) electrons. The third-order valence-electron chi connectivity index (χ3n) is 4.22. The van der Waals surface area contributed by atoms with Crippen molar-refractivity contribution in [1.82, 2.24) is 9.29 Å². The largest absolute Gasteiger partial charge is 0.376 e. The molecule has 0 saturated carbocycles. The molecule has 2 aliphatic heterocycles. The summed E-state index contributed by atoms with van der Waals surface area (Å²) in [5, 5.41) is 3.20. The second-order valence-corrected chi connectivity index (χ2v) is 7.80. The fraction of sp³-hybridized carbons (Fsp3) is 0.667. The first kappa shape index (κ1) is 15.7. The van der Waals surface area contributed by atoms with Crippen molar-refractivity contribution in [3.63, 3.8) is 0 Å². The molecule has 1 aromatic heterocycles. The van der Waals surface area contributed by atoms with Gasteiger partial charge in [-0.15, -0.1) is 0 Å². The Morgan fingerprint density at radius 1 is 1.23 bits per heavy atom. The van der Waals surface area contributed by atoms with E-state index in [1.54, 1.807) is 16.4 Å². The maximum atomic E-state index is 12.5. The number of nitrogens with zero attached hydrogens (tertiary/aromatic N) is 2. The van der Waals surface area contributed by atoms with E-state index >= 15 is 0 Å². The molecule has 6 nitrogen and oxygen atoms in total. The van der Waals surface area contributed by atoms with Gasteiger partial charge < -0.3 is 10.1 Å². The molecule has 7 heteroatoms. The molecular formula is C15H23N3O3S. The zero-order valence-corrected chi connectivity index (χ0v) is 13.5. The van der Waals surface area contributed by atoms with Crippen molar-refractivity contribution >= 4 is 15.8 Å². The molecule has 2 saturated heterocycles. The minimum Gasteiger partial charge on any atom is -0.376 e. The normalized spacial score (nSPS) is 23.5. The Bertz CT molecular complexity index is 577. The summed E-state index contributed by atoms with van der Waals surface area (Å²) in [7, 11) is -3.39. The number of pyridine rings is 1. The fourth-order valence-corrected chi connectivity index (χ4v) is 4.38. The van der Waals surface area contributed by atoms with Crippen molar-refractivity contribution in [2.75, 3.05) is 31.6 Å². The predicted octanol–water partition coefficient (Wildman–Crippen LogP) is 1.85. The van der Waals surface area contributed by atoms with Gasteiger partial charge in [0, 0.05) is 32.4 Å². The van der Waals surface area contributed by atoms with Crippen molar-refractivity contribution in [3.05, 3.63) is 18.3 Å². The monoisotopic (exact) mass is 325 g/mol. The minimum absolute atomic E-state index is 0.235. The zero-order valence-electron chi connectivity index (χ0n) is 12.7. The molecule has 1 unspecified atom stereocenters. The molecule has 2 aliphatic rings. The van der Waals surface area contributed by atoms with E-state index in [1.165, 1.54) is 6.20 Å². The van der Waals surface area contributed by atoms with E-state index in [2.05, 4.69) is 10.3 Å². The lowest BCUT2D eigenvalue weighted by atomic mass is 10.2. The molecule has 0 amide bonds. The van der Waals surface area contributed by atoms with Crippen LogP contribution >= 0.6 is 0 Å². The second kappa shape index (κ2) is 6.93. The number of hydrogen-bond acceptors (Lipinski definition) is 5. The molecule has 1 N–H and O–H groups in total. The maximum Gasteiger partial charge on any atom is 0.244 e. The molecule has 1 atom stereocenters. The van der Waals surface area contributed by atoms with Crippen LogP contribution in [-0.4, -0.2) is 50.1 Å². The van der Waals surface area contributed by atoms with Crippen LogP contribution in [0.4, 0.5) is 5.82 Å². The van der Waals surface area contributed by atoms with E-state index in [-0.39, 0.29) is 11.0 Å². The van der Waals surface area contributed by atoms with Gasteiger partial charge in [0.05, 0.1) is 6.10 Å². The Labute approximate surface area is 131 Å². The summed E-state index contributed by atoms with van der Waals surface area (Å²) >= 11 is 0. The lowest BCUT2D eigenvalue weighted by Crippen LogP contribution is -2.35. The number of anilines is 1. The van der Waals surface area contributed by atoms with Crippen molar-refractivity contribution in [2.24, 2.45) is 0 Å². The first-order chi connectivity index (χ1) is 10.7. The number of hydrogen-bond donors (Lipinski definition) is 1. The maximum absolute atomic E-state index is 12.5. The standard InChI is InChI=1S/C15H23N3O3S/c19-22(20,18-8-2-1-3-9-18)14-6-7-15(17-12-14)16-11-13-5-4-10-21-13/h6-7,12-13H,1-5,8-11H2,(H,16,17). The molecule has 122 valence electrons. The lowest BCUT2D eigenvalue weighted by molar-refractivity contribution is 0.120. The summed E-state index contributed by atoms with van der Waals surface area (Å²) in [5.41, 5.74) is 0. The summed E-state index contributed by atoms with van der Waals surface area (Å²) < 4.78 is 32.1. The summed E-state index contributed by atoms with van der Waals surface area (Å²) in [5.74, 6) is 0.688. The number of rotatable bonds is 5. The molecular weight excluding hydrogens is 302 g/mol. The third kappa shape index (κ3) is 3.59. The van der Waals surface area contributed by atoms with Crippen LogP contribution in [0.5, 0.6) is 0 Å². The third-order valence-corrected chi connectivity index (χ3v) is 6.11. The van der Waals surface area contributed by atoms with Crippen LogP contribution in [0.25, 0.3) is 0 Å². The van der Waals surface area contributed by atoms with Gasteiger partial charge in [-0.2, -0.15) is 4.31 Å². The molecule has 0 aliphatic carbocycles. The summed E-state index contributed by atoms with van der Waals surface area (Å²) in [6.45, 7) is 2.76. The predicted molar refractivity (Wildman–Crippen MR) is 84.3 cm³/mol. The van der Waals surface area contributed by atoms with Gasteiger partial charge in [0.25, 0.3) is 0 Å². The average Bonchev–Trinajstić information content (AvgIpc) is 3.08. The minimum atomic E-state index is -3.39. The Morgan fingerprint density at radius 3 is 2.68 bits per heavy atom. The van der Waals surface area contributed by atoms with Crippen molar-refractivity contribution in [2.45, 2.75) is 43.1 Å². The number of piperidine rings is 1. The van der Waals surface area contributed by atoms with Gasteiger partial charge in [-0.05, 0) is 37.8 Å². The molecule has 22 heavy (non-hydrogen) atoms. The second-order valence-electron chi connectivity index (χ2n) is 5.86. The Morgan fingerprint density at radius 2 is 2.05 bits per heavy atom. The van der Waals surface area contributed by atoms with Gasteiger partial charge in [0.1, 0.15) is 10.7 Å². The fourth-order valence-electron chi connectivity index (χ4n) is 2.92. The molecule has 3 heterocycles. The van der Waals surface area contributed by atoms with Crippen LogP contribution in [0.1, 0.15) is 32.1 Å². The highest BCUT2D eigenvalue weighted by atomic mass is 32.2.